The normalized spacial score (nSPS) is 26.7. The van der Waals surface area contributed by atoms with E-state index in [1.54, 1.807) is 4.90 Å². The Bertz CT molecular complexity index is 183. The molecule has 56 valence electrons. The standard InChI is InChI=1S/C7H13N3/c1-5-3-6(8)7(9)10(2)4-5/h4,6,9H,3,8H2,1-2H3. The molecule has 1 aliphatic rings. The first kappa shape index (κ1) is 7.28. The second kappa shape index (κ2) is 2.42. The van der Waals surface area contributed by atoms with Crippen LogP contribution in [0.3, 0.4) is 0 Å². The van der Waals surface area contributed by atoms with Crippen molar-refractivity contribution in [1.82, 2.24) is 4.90 Å². The molecule has 0 spiro atoms. The van der Waals surface area contributed by atoms with Crippen molar-refractivity contribution in [3.05, 3.63) is 11.8 Å². The van der Waals surface area contributed by atoms with Gasteiger partial charge in [-0.15, -0.1) is 0 Å². The molecule has 1 unspecified atom stereocenters. The monoisotopic (exact) mass is 139 g/mol. The Kier molecular flexibility index (Phi) is 1.76. The molecule has 0 aliphatic carbocycles. The van der Waals surface area contributed by atoms with Gasteiger partial charge in [-0.1, -0.05) is 5.57 Å². The van der Waals surface area contributed by atoms with Crippen LogP contribution in [-0.4, -0.2) is 23.8 Å². The number of hydrogen-bond acceptors (Lipinski definition) is 2. The summed E-state index contributed by atoms with van der Waals surface area (Å²) in [5.41, 5.74) is 6.89. The maximum Gasteiger partial charge on any atom is 0.117 e. The second-order valence-electron chi connectivity index (χ2n) is 2.78. The Balaban J connectivity index is 2.79. The minimum absolute atomic E-state index is 0.102. The highest BCUT2D eigenvalue weighted by Gasteiger charge is 2.17. The van der Waals surface area contributed by atoms with Gasteiger partial charge in [-0.2, -0.15) is 0 Å². The first-order valence-electron chi connectivity index (χ1n) is 3.35. The SMILES string of the molecule is CC1=CN(C)C(=N)C(N)C1. The van der Waals surface area contributed by atoms with Crippen LogP contribution in [0.1, 0.15) is 13.3 Å². The fourth-order valence-electron chi connectivity index (χ4n) is 1.16. The molecule has 0 bridgehead atoms. The molecule has 10 heavy (non-hydrogen) atoms. The number of nitrogens with two attached hydrogens (primary N) is 1. The molecule has 0 aromatic rings. The number of hydrogen-bond donors (Lipinski definition) is 2. The fraction of sp³-hybridized carbons (Fsp3) is 0.571. The zero-order valence-corrected chi connectivity index (χ0v) is 6.39. The van der Waals surface area contributed by atoms with Crippen LogP contribution in [0.4, 0.5) is 0 Å². The third kappa shape index (κ3) is 1.19. The summed E-state index contributed by atoms with van der Waals surface area (Å²) in [5, 5.41) is 7.45. The molecule has 0 amide bonds. The molecular weight excluding hydrogens is 126 g/mol. The van der Waals surface area contributed by atoms with E-state index in [0.29, 0.717) is 5.84 Å². The molecule has 1 atom stereocenters. The van der Waals surface area contributed by atoms with E-state index in [1.807, 2.05) is 20.2 Å². The zero-order chi connectivity index (χ0) is 7.72. The van der Waals surface area contributed by atoms with Crippen LogP contribution in [-0.2, 0) is 0 Å². The summed E-state index contributed by atoms with van der Waals surface area (Å²) in [5.74, 6) is 0.505. The smallest absolute Gasteiger partial charge is 0.117 e. The Morgan fingerprint density at radius 1 is 1.80 bits per heavy atom. The van der Waals surface area contributed by atoms with E-state index < -0.39 is 0 Å². The van der Waals surface area contributed by atoms with E-state index in [4.69, 9.17) is 11.1 Å². The number of amidine groups is 1. The molecule has 0 fully saturated rings. The van der Waals surface area contributed by atoms with Crippen LogP contribution in [0.2, 0.25) is 0 Å². The van der Waals surface area contributed by atoms with Crippen LogP contribution in [0.5, 0.6) is 0 Å². The molecule has 0 radical (unpaired) electrons. The molecule has 0 saturated carbocycles. The van der Waals surface area contributed by atoms with E-state index >= 15 is 0 Å². The van der Waals surface area contributed by atoms with E-state index in [1.165, 1.54) is 5.57 Å². The summed E-state index contributed by atoms with van der Waals surface area (Å²) in [6, 6.07) is -0.102. The minimum Gasteiger partial charge on any atom is -0.339 e. The van der Waals surface area contributed by atoms with Gasteiger partial charge in [0.2, 0.25) is 0 Å². The minimum atomic E-state index is -0.102. The highest BCUT2D eigenvalue weighted by Crippen LogP contribution is 2.12. The van der Waals surface area contributed by atoms with Gasteiger partial charge in [0.25, 0.3) is 0 Å². The average molecular weight is 139 g/mol. The summed E-state index contributed by atoms with van der Waals surface area (Å²) in [6.07, 6.45) is 2.77. The first-order valence-corrected chi connectivity index (χ1v) is 3.35. The van der Waals surface area contributed by atoms with Crippen molar-refractivity contribution in [2.75, 3.05) is 7.05 Å². The molecule has 3 heteroatoms. The topological polar surface area (TPSA) is 53.1 Å². The summed E-state index contributed by atoms with van der Waals surface area (Å²) in [7, 11) is 1.85. The van der Waals surface area contributed by atoms with Gasteiger partial charge in [0.1, 0.15) is 5.84 Å². The van der Waals surface area contributed by atoms with Gasteiger partial charge in [-0.3, -0.25) is 5.41 Å². The number of nitrogens with one attached hydrogen (secondary N) is 1. The molecule has 0 aromatic carbocycles. The molecule has 0 aromatic heterocycles. The Morgan fingerprint density at radius 3 is 2.90 bits per heavy atom. The predicted octanol–water partition coefficient (Wildman–Crippen LogP) is 0.530. The third-order valence-electron chi connectivity index (χ3n) is 1.69. The Hall–Kier alpha value is -0.830. The lowest BCUT2D eigenvalue weighted by Gasteiger charge is -2.26. The third-order valence-corrected chi connectivity index (χ3v) is 1.69. The molecule has 1 rings (SSSR count). The Morgan fingerprint density at radius 2 is 2.40 bits per heavy atom. The van der Waals surface area contributed by atoms with Gasteiger partial charge in [0, 0.05) is 13.2 Å². The van der Waals surface area contributed by atoms with E-state index in [-0.39, 0.29) is 6.04 Å². The maximum atomic E-state index is 7.45. The van der Waals surface area contributed by atoms with Crippen molar-refractivity contribution < 1.29 is 0 Å². The lowest BCUT2D eigenvalue weighted by atomic mass is 10.0. The Labute approximate surface area is 61.0 Å². The second-order valence-corrected chi connectivity index (χ2v) is 2.78. The summed E-state index contributed by atoms with van der Waals surface area (Å²) >= 11 is 0. The van der Waals surface area contributed by atoms with Crippen LogP contribution < -0.4 is 5.73 Å². The van der Waals surface area contributed by atoms with Crippen molar-refractivity contribution >= 4 is 5.84 Å². The quantitative estimate of drug-likeness (QED) is 0.514. The van der Waals surface area contributed by atoms with Crippen molar-refractivity contribution in [3.63, 3.8) is 0 Å². The molecule has 1 heterocycles. The zero-order valence-electron chi connectivity index (χ0n) is 6.39. The van der Waals surface area contributed by atoms with Crippen molar-refractivity contribution in [2.45, 2.75) is 19.4 Å². The van der Waals surface area contributed by atoms with Crippen LogP contribution in [0.15, 0.2) is 11.8 Å². The highest BCUT2D eigenvalue weighted by molar-refractivity contribution is 5.86. The van der Waals surface area contributed by atoms with Gasteiger partial charge in [-0.05, 0) is 13.3 Å². The number of likely N-dealkylation sites (N-methyl/N-ethyl adjacent to an activating group) is 1. The van der Waals surface area contributed by atoms with Crippen molar-refractivity contribution in [1.29, 1.82) is 5.41 Å². The van der Waals surface area contributed by atoms with Gasteiger partial charge in [0.05, 0.1) is 6.04 Å². The van der Waals surface area contributed by atoms with Crippen LogP contribution in [0, 0.1) is 5.41 Å². The van der Waals surface area contributed by atoms with Crippen LogP contribution >= 0.6 is 0 Å². The van der Waals surface area contributed by atoms with Gasteiger partial charge in [-0.25, -0.2) is 0 Å². The number of rotatable bonds is 0. The van der Waals surface area contributed by atoms with Crippen LogP contribution in [0.25, 0.3) is 0 Å². The van der Waals surface area contributed by atoms with E-state index in [0.717, 1.165) is 6.42 Å². The number of nitrogens with zero attached hydrogens (tertiary/aromatic N) is 1. The summed E-state index contributed by atoms with van der Waals surface area (Å²) in [6.45, 7) is 2.03. The average Bonchev–Trinajstić information content (AvgIpc) is 1.82. The fourth-order valence-corrected chi connectivity index (χ4v) is 1.16. The summed E-state index contributed by atoms with van der Waals surface area (Å²) < 4.78 is 0. The van der Waals surface area contributed by atoms with Crippen molar-refractivity contribution in [3.8, 4) is 0 Å². The highest BCUT2D eigenvalue weighted by atomic mass is 15.1. The van der Waals surface area contributed by atoms with Gasteiger partial charge < -0.3 is 10.6 Å². The first-order chi connectivity index (χ1) is 4.61. The molecular formula is C7H13N3. The van der Waals surface area contributed by atoms with E-state index in [2.05, 4.69) is 0 Å². The molecule has 3 N–H and O–H groups in total. The summed E-state index contributed by atoms with van der Waals surface area (Å²) in [4.78, 5) is 1.77. The molecule has 0 saturated heterocycles. The van der Waals surface area contributed by atoms with Gasteiger partial charge >= 0.3 is 0 Å². The largest absolute Gasteiger partial charge is 0.339 e. The van der Waals surface area contributed by atoms with Crippen molar-refractivity contribution in [2.24, 2.45) is 5.73 Å². The lowest BCUT2D eigenvalue weighted by Crippen LogP contribution is -2.41. The predicted molar refractivity (Wildman–Crippen MR) is 41.8 cm³/mol. The van der Waals surface area contributed by atoms with Gasteiger partial charge in [0.15, 0.2) is 0 Å². The van der Waals surface area contributed by atoms with E-state index in [9.17, 15) is 0 Å². The lowest BCUT2D eigenvalue weighted by molar-refractivity contribution is 0.585. The maximum absolute atomic E-state index is 7.45. The molecule has 3 nitrogen and oxygen atoms in total. The molecule has 1 aliphatic heterocycles.